The van der Waals surface area contributed by atoms with Gasteiger partial charge in [0.1, 0.15) is 5.82 Å². The first-order valence-corrected chi connectivity index (χ1v) is 5.12. The first kappa shape index (κ1) is 10.4. The maximum Gasteiger partial charge on any atom is 0.129 e. The molecule has 1 aromatic carbocycles. The lowest BCUT2D eigenvalue weighted by Crippen LogP contribution is -2.36. The van der Waals surface area contributed by atoms with Crippen LogP contribution in [-0.4, -0.2) is 26.3 Å². The Kier molecular flexibility index (Phi) is 3.18. The van der Waals surface area contributed by atoms with E-state index in [4.69, 9.17) is 10.5 Å². The van der Waals surface area contributed by atoms with Crippen molar-refractivity contribution in [2.75, 3.05) is 31.2 Å². The van der Waals surface area contributed by atoms with Gasteiger partial charge in [-0.15, -0.1) is 0 Å². The van der Waals surface area contributed by atoms with Crippen molar-refractivity contribution in [1.29, 1.82) is 0 Å². The van der Waals surface area contributed by atoms with Gasteiger partial charge in [-0.1, -0.05) is 6.07 Å². The molecule has 0 radical (unpaired) electrons. The Balaban J connectivity index is 2.17. The number of nitrogens with two attached hydrogens (primary N) is 1. The zero-order valence-electron chi connectivity index (χ0n) is 8.58. The Labute approximate surface area is 88.6 Å². The lowest BCUT2D eigenvalue weighted by atomic mass is 10.1. The molecule has 1 aliphatic rings. The Morgan fingerprint density at radius 1 is 1.33 bits per heavy atom. The van der Waals surface area contributed by atoms with Gasteiger partial charge in [0, 0.05) is 30.9 Å². The van der Waals surface area contributed by atoms with Gasteiger partial charge in [0.2, 0.25) is 0 Å². The highest BCUT2D eigenvalue weighted by Crippen LogP contribution is 2.19. The maximum atomic E-state index is 13.5. The van der Waals surface area contributed by atoms with Crippen molar-refractivity contribution in [1.82, 2.24) is 0 Å². The van der Waals surface area contributed by atoms with Crippen LogP contribution in [0.5, 0.6) is 0 Å². The molecule has 2 rings (SSSR count). The van der Waals surface area contributed by atoms with Gasteiger partial charge < -0.3 is 15.4 Å². The molecule has 15 heavy (non-hydrogen) atoms. The van der Waals surface area contributed by atoms with Crippen molar-refractivity contribution in [3.63, 3.8) is 0 Å². The van der Waals surface area contributed by atoms with Gasteiger partial charge in [0.15, 0.2) is 0 Å². The normalized spacial score (nSPS) is 16.8. The minimum absolute atomic E-state index is 0.221. The third kappa shape index (κ3) is 2.27. The van der Waals surface area contributed by atoms with E-state index >= 15 is 0 Å². The second kappa shape index (κ2) is 4.59. The minimum atomic E-state index is -0.221. The van der Waals surface area contributed by atoms with Gasteiger partial charge in [-0.25, -0.2) is 4.39 Å². The molecule has 0 bridgehead atoms. The second-order valence-corrected chi connectivity index (χ2v) is 3.58. The van der Waals surface area contributed by atoms with Crippen LogP contribution in [0.2, 0.25) is 0 Å². The predicted molar refractivity (Wildman–Crippen MR) is 57.3 cm³/mol. The lowest BCUT2D eigenvalue weighted by molar-refractivity contribution is 0.122. The number of ether oxygens (including phenoxy) is 1. The van der Waals surface area contributed by atoms with Crippen LogP contribution in [0.15, 0.2) is 18.2 Å². The summed E-state index contributed by atoms with van der Waals surface area (Å²) in [5.74, 6) is -0.221. The molecule has 0 spiro atoms. The van der Waals surface area contributed by atoms with Crippen molar-refractivity contribution in [3.05, 3.63) is 29.6 Å². The molecular weight excluding hydrogens is 195 g/mol. The van der Waals surface area contributed by atoms with Gasteiger partial charge >= 0.3 is 0 Å². The van der Waals surface area contributed by atoms with E-state index in [-0.39, 0.29) is 12.4 Å². The molecular formula is C11H15FN2O. The van der Waals surface area contributed by atoms with Gasteiger partial charge in [-0.2, -0.15) is 0 Å². The third-order valence-electron chi connectivity index (χ3n) is 2.63. The van der Waals surface area contributed by atoms with Crippen molar-refractivity contribution in [2.45, 2.75) is 6.54 Å². The average molecular weight is 210 g/mol. The Bertz CT molecular complexity index is 337. The highest BCUT2D eigenvalue weighted by atomic mass is 19.1. The molecule has 1 heterocycles. The van der Waals surface area contributed by atoms with E-state index in [1.807, 2.05) is 6.07 Å². The summed E-state index contributed by atoms with van der Waals surface area (Å²) in [4.78, 5) is 2.12. The number of hydrogen-bond acceptors (Lipinski definition) is 3. The molecule has 2 N–H and O–H groups in total. The second-order valence-electron chi connectivity index (χ2n) is 3.58. The molecule has 0 atom stereocenters. The summed E-state index contributed by atoms with van der Waals surface area (Å²) in [7, 11) is 0. The Hall–Kier alpha value is -1.13. The van der Waals surface area contributed by atoms with Crippen molar-refractivity contribution < 1.29 is 9.13 Å². The molecule has 0 aromatic heterocycles. The quantitative estimate of drug-likeness (QED) is 0.795. The van der Waals surface area contributed by atoms with Gasteiger partial charge in [-0.05, 0) is 12.1 Å². The number of morpholine rings is 1. The van der Waals surface area contributed by atoms with Gasteiger partial charge in [-0.3, -0.25) is 0 Å². The molecule has 82 valence electrons. The molecule has 3 nitrogen and oxygen atoms in total. The molecule has 1 aromatic rings. The van der Waals surface area contributed by atoms with Crippen LogP contribution < -0.4 is 10.6 Å². The zero-order valence-corrected chi connectivity index (χ0v) is 8.58. The Morgan fingerprint density at radius 2 is 2.07 bits per heavy atom. The standard InChI is InChI=1S/C11H15FN2O/c12-11-7-10(2-1-9(11)8-13)14-3-5-15-6-4-14/h1-2,7H,3-6,8,13H2. The van der Waals surface area contributed by atoms with Crippen LogP contribution in [0.3, 0.4) is 0 Å². The molecule has 0 aliphatic carbocycles. The van der Waals surface area contributed by atoms with E-state index in [9.17, 15) is 4.39 Å². The third-order valence-corrected chi connectivity index (χ3v) is 2.63. The van der Waals surface area contributed by atoms with Crippen molar-refractivity contribution >= 4 is 5.69 Å². The number of rotatable bonds is 2. The highest BCUT2D eigenvalue weighted by Gasteiger charge is 2.12. The maximum absolute atomic E-state index is 13.5. The van der Waals surface area contributed by atoms with E-state index in [2.05, 4.69) is 4.90 Å². The summed E-state index contributed by atoms with van der Waals surface area (Å²) >= 11 is 0. The minimum Gasteiger partial charge on any atom is -0.378 e. The van der Waals surface area contributed by atoms with E-state index in [1.54, 1.807) is 12.1 Å². The molecule has 1 fully saturated rings. The molecule has 0 unspecified atom stereocenters. The smallest absolute Gasteiger partial charge is 0.129 e. The summed E-state index contributed by atoms with van der Waals surface area (Å²) in [6.07, 6.45) is 0. The summed E-state index contributed by atoms with van der Waals surface area (Å²) in [5.41, 5.74) is 6.88. The molecule has 4 heteroatoms. The summed E-state index contributed by atoms with van der Waals surface area (Å²) in [5, 5.41) is 0. The van der Waals surface area contributed by atoms with Crippen LogP contribution in [0.1, 0.15) is 5.56 Å². The largest absolute Gasteiger partial charge is 0.378 e. The SMILES string of the molecule is NCc1ccc(N2CCOCC2)cc1F. The molecule has 1 aliphatic heterocycles. The fourth-order valence-corrected chi connectivity index (χ4v) is 1.72. The van der Waals surface area contributed by atoms with Gasteiger partial charge in [0.05, 0.1) is 13.2 Å². The average Bonchev–Trinajstić information content (AvgIpc) is 2.30. The van der Waals surface area contributed by atoms with E-state index in [1.165, 1.54) is 0 Å². The van der Waals surface area contributed by atoms with Crippen LogP contribution in [0, 0.1) is 5.82 Å². The van der Waals surface area contributed by atoms with Gasteiger partial charge in [0.25, 0.3) is 0 Å². The van der Waals surface area contributed by atoms with E-state index < -0.39 is 0 Å². The fourth-order valence-electron chi connectivity index (χ4n) is 1.72. The number of nitrogens with zero attached hydrogens (tertiary/aromatic N) is 1. The highest BCUT2D eigenvalue weighted by molar-refractivity contribution is 5.48. The lowest BCUT2D eigenvalue weighted by Gasteiger charge is -2.29. The summed E-state index contributed by atoms with van der Waals surface area (Å²) in [6, 6.07) is 5.21. The first-order chi connectivity index (χ1) is 7.31. The topological polar surface area (TPSA) is 38.5 Å². The van der Waals surface area contributed by atoms with Crippen LogP contribution in [0.25, 0.3) is 0 Å². The van der Waals surface area contributed by atoms with E-state index in [0.717, 1.165) is 18.8 Å². The van der Waals surface area contributed by atoms with Crippen LogP contribution >= 0.6 is 0 Å². The van der Waals surface area contributed by atoms with Crippen molar-refractivity contribution in [2.24, 2.45) is 5.73 Å². The molecule has 0 saturated carbocycles. The number of halogens is 1. The van der Waals surface area contributed by atoms with Crippen molar-refractivity contribution in [3.8, 4) is 0 Å². The van der Waals surface area contributed by atoms with Crippen LogP contribution in [-0.2, 0) is 11.3 Å². The van der Waals surface area contributed by atoms with Crippen LogP contribution in [0.4, 0.5) is 10.1 Å². The van der Waals surface area contributed by atoms with E-state index in [0.29, 0.717) is 18.8 Å². The fraction of sp³-hybridized carbons (Fsp3) is 0.455. The molecule has 0 amide bonds. The number of hydrogen-bond donors (Lipinski definition) is 1. The number of anilines is 1. The Morgan fingerprint density at radius 3 is 2.67 bits per heavy atom. The first-order valence-electron chi connectivity index (χ1n) is 5.12. The summed E-state index contributed by atoms with van der Waals surface area (Å²) < 4.78 is 18.7. The number of benzene rings is 1. The monoisotopic (exact) mass is 210 g/mol. The predicted octanol–water partition coefficient (Wildman–Crippen LogP) is 1.12. The summed E-state index contributed by atoms with van der Waals surface area (Å²) in [6.45, 7) is 3.30. The molecule has 1 saturated heterocycles. The zero-order chi connectivity index (χ0) is 10.7.